The van der Waals surface area contributed by atoms with Gasteiger partial charge in [-0.25, -0.2) is 0 Å². The molecule has 0 amide bonds. The molecule has 5 heteroatoms. The molecular formula is C13H16ClNO3. The molecule has 1 aromatic carbocycles. The van der Waals surface area contributed by atoms with Gasteiger partial charge >= 0.3 is 5.97 Å². The van der Waals surface area contributed by atoms with Crippen molar-refractivity contribution in [3.63, 3.8) is 0 Å². The lowest BCUT2D eigenvalue weighted by molar-refractivity contribution is -0.138. The smallest absolute Gasteiger partial charge is 0.306 e. The molecule has 1 aliphatic rings. The van der Waals surface area contributed by atoms with E-state index < -0.39 is 5.97 Å². The minimum absolute atomic E-state index is 0.168. The first-order valence-corrected chi connectivity index (χ1v) is 6.25. The Labute approximate surface area is 111 Å². The van der Waals surface area contributed by atoms with E-state index in [1.165, 1.54) is 0 Å². The predicted octanol–water partition coefficient (Wildman–Crippen LogP) is 2.16. The molecule has 1 saturated carbocycles. The first-order valence-electron chi connectivity index (χ1n) is 5.87. The maximum atomic E-state index is 10.7. The Morgan fingerprint density at radius 3 is 3.00 bits per heavy atom. The molecule has 0 heterocycles. The van der Waals surface area contributed by atoms with Crippen LogP contribution in [0, 0.1) is 11.8 Å². The number of carboxylic acids is 1. The highest BCUT2D eigenvalue weighted by atomic mass is 35.5. The third kappa shape index (κ3) is 3.15. The molecule has 0 radical (unpaired) electrons. The molecule has 1 aromatic rings. The molecule has 2 N–H and O–H groups in total. The van der Waals surface area contributed by atoms with Gasteiger partial charge in [0.25, 0.3) is 0 Å². The summed E-state index contributed by atoms with van der Waals surface area (Å²) in [6, 6.07) is 5.47. The van der Waals surface area contributed by atoms with Gasteiger partial charge in [-0.15, -0.1) is 0 Å². The van der Waals surface area contributed by atoms with Crippen LogP contribution in [0.15, 0.2) is 18.2 Å². The third-order valence-electron chi connectivity index (χ3n) is 3.20. The van der Waals surface area contributed by atoms with Crippen molar-refractivity contribution in [1.82, 2.24) is 5.32 Å². The minimum atomic E-state index is -0.692. The normalized spacial score (nSPS) is 21.7. The number of carboxylic acid groups (broad SMARTS) is 1. The van der Waals surface area contributed by atoms with Crippen molar-refractivity contribution in [2.75, 3.05) is 13.7 Å². The average Bonchev–Trinajstić information content (AvgIpc) is 3.09. The minimum Gasteiger partial charge on any atom is -0.496 e. The number of nitrogens with one attached hydrogen (secondary N) is 1. The van der Waals surface area contributed by atoms with Crippen molar-refractivity contribution >= 4 is 17.6 Å². The van der Waals surface area contributed by atoms with Gasteiger partial charge in [0, 0.05) is 17.1 Å². The number of carbonyl (C=O) groups is 1. The quantitative estimate of drug-likeness (QED) is 0.831. The Morgan fingerprint density at radius 1 is 1.61 bits per heavy atom. The van der Waals surface area contributed by atoms with Crippen LogP contribution in [0.4, 0.5) is 0 Å². The standard InChI is InChI=1S/C13H16ClNO3/c1-18-12-3-2-10(14)4-9(12)7-15-6-8-5-11(8)13(16)17/h2-4,8,11,15H,5-7H2,1H3,(H,16,17). The van der Waals surface area contributed by atoms with E-state index in [1.807, 2.05) is 12.1 Å². The fraction of sp³-hybridized carbons (Fsp3) is 0.462. The number of methoxy groups -OCH3 is 1. The number of benzene rings is 1. The fourth-order valence-electron chi connectivity index (χ4n) is 2.05. The zero-order valence-corrected chi connectivity index (χ0v) is 10.9. The van der Waals surface area contributed by atoms with Gasteiger partial charge < -0.3 is 15.2 Å². The van der Waals surface area contributed by atoms with E-state index in [9.17, 15) is 4.79 Å². The molecule has 0 saturated heterocycles. The van der Waals surface area contributed by atoms with Gasteiger partial charge in [-0.1, -0.05) is 11.6 Å². The first-order chi connectivity index (χ1) is 8.61. The lowest BCUT2D eigenvalue weighted by Gasteiger charge is -2.09. The molecule has 1 aliphatic carbocycles. The highest BCUT2D eigenvalue weighted by Crippen LogP contribution is 2.37. The van der Waals surface area contributed by atoms with E-state index in [0.29, 0.717) is 18.1 Å². The van der Waals surface area contributed by atoms with Gasteiger partial charge in [0.1, 0.15) is 5.75 Å². The van der Waals surface area contributed by atoms with Gasteiger partial charge in [0.2, 0.25) is 0 Å². The second-order valence-corrected chi connectivity index (χ2v) is 4.96. The summed E-state index contributed by atoms with van der Waals surface area (Å²) in [6.45, 7) is 1.35. The maximum absolute atomic E-state index is 10.7. The summed E-state index contributed by atoms with van der Waals surface area (Å²) in [5, 5.41) is 12.7. The number of hydrogen-bond donors (Lipinski definition) is 2. The topological polar surface area (TPSA) is 58.6 Å². The summed E-state index contributed by atoms with van der Waals surface area (Å²) < 4.78 is 5.24. The average molecular weight is 270 g/mol. The molecular weight excluding hydrogens is 254 g/mol. The number of rotatable bonds is 6. The van der Waals surface area contributed by atoms with Gasteiger partial charge in [-0.3, -0.25) is 4.79 Å². The first kappa shape index (κ1) is 13.2. The second kappa shape index (κ2) is 5.59. The van der Waals surface area contributed by atoms with Crippen LogP contribution in [-0.4, -0.2) is 24.7 Å². The highest BCUT2D eigenvalue weighted by Gasteiger charge is 2.42. The van der Waals surface area contributed by atoms with Crippen molar-refractivity contribution in [2.45, 2.75) is 13.0 Å². The Hall–Kier alpha value is -1.26. The maximum Gasteiger partial charge on any atom is 0.306 e. The number of halogens is 1. The van der Waals surface area contributed by atoms with Crippen molar-refractivity contribution in [1.29, 1.82) is 0 Å². The predicted molar refractivity (Wildman–Crippen MR) is 68.9 cm³/mol. The molecule has 0 spiro atoms. The zero-order valence-electron chi connectivity index (χ0n) is 10.1. The largest absolute Gasteiger partial charge is 0.496 e. The summed E-state index contributed by atoms with van der Waals surface area (Å²) in [5.41, 5.74) is 0.984. The Balaban J connectivity index is 1.83. The molecule has 98 valence electrons. The van der Waals surface area contributed by atoms with Crippen molar-refractivity contribution in [3.05, 3.63) is 28.8 Å². The van der Waals surface area contributed by atoms with Gasteiger partial charge in [0.05, 0.1) is 13.0 Å². The summed E-state index contributed by atoms with van der Waals surface area (Å²) in [4.78, 5) is 10.7. The molecule has 1 fully saturated rings. The van der Waals surface area contributed by atoms with Crippen molar-refractivity contribution < 1.29 is 14.6 Å². The summed E-state index contributed by atoms with van der Waals surface area (Å²) in [5.74, 6) is 0.186. The summed E-state index contributed by atoms with van der Waals surface area (Å²) in [6.07, 6.45) is 0.773. The molecule has 4 nitrogen and oxygen atoms in total. The fourth-order valence-corrected chi connectivity index (χ4v) is 2.25. The van der Waals surface area contributed by atoms with E-state index in [2.05, 4.69) is 5.32 Å². The van der Waals surface area contributed by atoms with Crippen LogP contribution in [0.25, 0.3) is 0 Å². The number of aliphatic carboxylic acids is 1. The Bertz CT molecular complexity index is 450. The molecule has 2 rings (SSSR count). The van der Waals surface area contributed by atoms with Crippen LogP contribution in [-0.2, 0) is 11.3 Å². The Morgan fingerprint density at radius 2 is 2.39 bits per heavy atom. The van der Waals surface area contributed by atoms with E-state index in [-0.39, 0.29) is 11.8 Å². The molecule has 2 unspecified atom stereocenters. The SMILES string of the molecule is COc1ccc(Cl)cc1CNCC1CC1C(=O)O. The van der Waals surface area contributed by atoms with E-state index in [4.69, 9.17) is 21.4 Å². The van der Waals surface area contributed by atoms with Gasteiger partial charge in [0.15, 0.2) is 0 Å². The second-order valence-electron chi connectivity index (χ2n) is 4.53. The monoisotopic (exact) mass is 269 g/mol. The van der Waals surface area contributed by atoms with Crippen LogP contribution in [0.3, 0.4) is 0 Å². The highest BCUT2D eigenvalue weighted by molar-refractivity contribution is 6.30. The Kier molecular flexibility index (Phi) is 4.09. The molecule has 18 heavy (non-hydrogen) atoms. The lowest BCUT2D eigenvalue weighted by Crippen LogP contribution is -2.18. The molecule has 0 bridgehead atoms. The third-order valence-corrected chi connectivity index (χ3v) is 3.44. The van der Waals surface area contributed by atoms with Crippen molar-refractivity contribution in [3.8, 4) is 5.75 Å². The van der Waals surface area contributed by atoms with Crippen LogP contribution in [0.5, 0.6) is 5.75 Å². The van der Waals surface area contributed by atoms with Gasteiger partial charge in [-0.05, 0) is 37.1 Å². The van der Waals surface area contributed by atoms with Crippen LogP contribution in [0.2, 0.25) is 5.02 Å². The molecule has 0 aliphatic heterocycles. The summed E-state index contributed by atoms with van der Waals surface area (Å²) in [7, 11) is 1.62. The van der Waals surface area contributed by atoms with Crippen LogP contribution >= 0.6 is 11.6 Å². The molecule has 0 aromatic heterocycles. The van der Waals surface area contributed by atoms with Crippen LogP contribution < -0.4 is 10.1 Å². The lowest BCUT2D eigenvalue weighted by atomic mass is 10.2. The van der Waals surface area contributed by atoms with Crippen LogP contribution in [0.1, 0.15) is 12.0 Å². The van der Waals surface area contributed by atoms with Gasteiger partial charge in [-0.2, -0.15) is 0 Å². The summed E-state index contributed by atoms with van der Waals surface area (Å²) >= 11 is 5.93. The van der Waals surface area contributed by atoms with E-state index >= 15 is 0 Å². The molecule has 2 atom stereocenters. The number of ether oxygens (including phenoxy) is 1. The van der Waals surface area contributed by atoms with E-state index in [0.717, 1.165) is 17.7 Å². The zero-order chi connectivity index (χ0) is 13.1. The van der Waals surface area contributed by atoms with Crippen molar-refractivity contribution in [2.24, 2.45) is 11.8 Å². The van der Waals surface area contributed by atoms with E-state index in [1.54, 1.807) is 13.2 Å². The number of hydrogen-bond acceptors (Lipinski definition) is 3.